The number of nitrogens with zero attached hydrogens (tertiary/aromatic N) is 3. The topological polar surface area (TPSA) is 51.8 Å². The molecule has 0 unspecified atom stereocenters. The highest BCUT2D eigenvalue weighted by atomic mass is 16.3. The number of benzene rings is 9. The molecule has 11 aromatic rings. The first-order valence-electron chi connectivity index (χ1n) is 18.5. The summed E-state index contributed by atoms with van der Waals surface area (Å²) in [4.78, 5) is 15.6. The number of hydrogen-bond acceptors (Lipinski definition) is 4. The fourth-order valence-electron chi connectivity index (χ4n) is 7.86. The summed E-state index contributed by atoms with van der Waals surface area (Å²) >= 11 is 0. The fraction of sp³-hybridized carbons (Fsp3) is 0. The minimum atomic E-state index is 0.612. The van der Waals surface area contributed by atoms with Crippen LogP contribution in [-0.4, -0.2) is 15.0 Å². The van der Waals surface area contributed by atoms with Gasteiger partial charge < -0.3 is 4.42 Å². The van der Waals surface area contributed by atoms with Crippen molar-refractivity contribution in [3.63, 3.8) is 0 Å². The summed E-state index contributed by atoms with van der Waals surface area (Å²) < 4.78 is 6.27. The van der Waals surface area contributed by atoms with Gasteiger partial charge in [-0.2, -0.15) is 0 Å². The van der Waals surface area contributed by atoms with Crippen LogP contribution >= 0.6 is 0 Å². The second kappa shape index (κ2) is 12.6. The standard InChI is InChI=1S/C51H31N3O/c1-3-11-32(12-4-1)34-19-20-36-26-39(23-21-35(36)25-34)49-52-50(40-24-22-37-29-46-44-17-9-10-18-47(44)55-48(46)31-41(37)28-40)54-51(53-49)42-27-38-15-7-8-16-43(38)45(30-42)33-13-5-2-6-14-33/h1-31H. The van der Waals surface area contributed by atoms with Gasteiger partial charge in [0.05, 0.1) is 0 Å². The van der Waals surface area contributed by atoms with Crippen molar-refractivity contribution in [2.45, 2.75) is 0 Å². The van der Waals surface area contributed by atoms with Crippen molar-refractivity contribution in [3.05, 3.63) is 188 Å². The highest BCUT2D eigenvalue weighted by Gasteiger charge is 2.17. The molecule has 4 heteroatoms. The maximum atomic E-state index is 6.27. The van der Waals surface area contributed by atoms with Crippen molar-refractivity contribution in [1.29, 1.82) is 0 Å². The number of rotatable bonds is 5. The Labute approximate surface area is 317 Å². The molecule has 0 N–H and O–H groups in total. The molecular formula is C51H31N3O. The molecule has 0 saturated carbocycles. The Balaban J connectivity index is 1.10. The normalized spacial score (nSPS) is 11.6. The van der Waals surface area contributed by atoms with Gasteiger partial charge in [-0.25, -0.2) is 15.0 Å². The molecule has 11 rings (SSSR count). The lowest BCUT2D eigenvalue weighted by Crippen LogP contribution is -2.00. The van der Waals surface area contributed by atoms with E-state index in [4.69, 9.17) is 19.4 Å². The van der Waals surface area contributed by atoms with Gasteiger partial charge in [-0.05, 0) is 103 Å². The van der Waals surface area contributed by atoms with E-state index in [0.29, 0.717) is 17.5 Å². The van der Waals surface area contributed by atoms with Gasteiger partial charge in [-0.15, -0.1) is 0 Å². The van der Waals surface area contributed by atoms with Crippen molar-refractivity contribution in [2.24, 2.45) is 0 Å². The average molecular weight is 702 g/mol. The predicted octanol–water partition coefficient (Wildman–Crippen LogP) is 13.6. The molecule has 0 saturated heterocycles. The van der Waals surface area contributed by atoms with Crippen molar-refractivity contribution in [3.8, 4) is 56.4 Å². The highest BCUT2D eigenvalue weighted by Crippen LogP contribution is 2.37. The third kappa shape index (κ3) is 5.51. The lowest BCUT2D eigenvalue weighted by atomic mass is 9.95. The van der Waals surface area contributed by atoms with Crippen LogP contribution in [0.5, 0.6) is 0 Å². The molecule has 0 aliphatic heterocycles. The van der Waals surface area contributed by atoms with Gasteiger partial charge in [0.15, 0.2) is 17.5 Å². The van der Waals surface area contributed by atoms with Crippen molar-refractivity contribution < 1.29 is 4.42 Å². The number of aromatic nitrogens is 3. The van der Waals surface area contributed by atoms with E-state index in [1.807, 2.05) is 18.2 Å². The Bertz CT molecular complexity index is 3260. The SMILES string of the molecule is c1ccc(-c2ccc3cc(-c4nc(-c5ccc6cc7c(cc6c5)oc5ccccc57)nc(-c5cc(-c6ccccc6)c6ccccc6c5)n4)ccc3c2)cc1. The zero-order chi connectivity index (χ0) is 36.3. The Morgan fingerprint density at radius 1 is 0.273 bits per heavy atom. The van der Waals surface area contributed by atoms with Crippen molar-refractivity contribution >= 4 is 54.3 Å². The predicted molar refractivity (Wildman–Crippen MR) is 227 cm³/mol. The van der Waals surface area contributed by atoms with Gasteiger partial charge in [-0.3, -0.25) is 0 Å². The molecule has 55 heavy (non-hydrogen) atoms. The maximum absolute atomic E-state index is 6.27. The van der Waals surface area contributed by atoms with E-state index in [1.54, 1.807) is 0 Å². The van der Waals surface area contributed by atoms with Crippen molar-refractivity contribution in [1.82, 2.24) is 15.0 Å². The minimum absolute atomic E-state index is 0.612. The first kappa shape index (κ1) is 31.1. The van der Waals surface area contributed by atoms with Crippen LogP contribution in [0.3, 0.4) is 0 Å². The molecule has 2 aromatic heterocycles. The lowest BCUT2D eigenvalue weighted by molar-refractivity contribution is 0.669. The summed E-state index contributed by atoms with van der Waals surface area (Å²) in [5.74, 6) is 1.85. The lowest BCUT2D eigenvalue weighted by Gasteiger charge is -2.13. The summed E-state index contributed by atoms with van der Waals surface area (Å²) in [7, 11) is 0. The van der Waals surface area contributed by atoms with E-state index >= 15 is 0 Å². The van der Waals surface area contributed by atoms with Crippen LogP contribution in [0.15, 0.2) is 192 Å². The van der Waals surface area contributed by atoms with Gasteiger partial charge in [0, 0.05) is 27.5 Å². The first-order chi connectivity index (χ1) is 27.2. The summed E-state index contributed by atoms with van der Waals surface area (Å²) in [6, 6.07) is 65.9. The largest absolute Gasteiger partial charge is 0.456 e. The molecule has 0 aliphatic carbocycles. The maximum Gasteiger partial charge on any atom is 0.164 e. The molecule has 2 heterocycles. The summed E-state index contributed by atoms with van der Waals surface area (Å²) in [5, 5.41) is 9.01. The number of furan rings is 1. The summed E-state index contributed by atoms with van der Waals surface area (Å²) in [6.45, 7) is 0. The van der Waals surface area contributed by atoms with Crippen LogP contribution in [-0.2, 0) is 0 Å². The monoisotopic (exact) mass is 701 g/mol. The smallest absolute Gasteiger partial charge is 0.164 e. The van der Waals surface area contributed by atoms with Gasteiger partial charge in [0.2, 0.25) is 0 Å². The van der Waals surface area contributed by atoms with Crippen LogP contribution < -0.4 is 0 Å². The van der Waals surface area contributed by atoms with E-state index in [9.17, 15) is 0 Å². The zero-order valence-electron chi connectivity index (χ0n) is 29.6. The van der Waals surface area contributed by atoms with Gasteiger partial charge in [0.1, 0.15) is 11.2 Å². The van der Waals surface area contributed by atoms with E-state index in [-0.39, 0.29) is 0 Å². The summed E-state index contributed by atoms with van der Waals surface area (Å²) in [6.07, 6.45) is 0. The molecule has 0 spiro atoms. The quantitative estimate of drug-likeness (QED) is 0.179. The Kier molecular flexibility index (Phi) is 7.14. The molecule has 4 nitrogen and oxygen atoms in total. The Hall–Kier alpha value is -7.43. The number of hydrogen-bond donors (Lipinski definition) is 0. The van der Waals surface area contributed by atoms with E-state index < -0.39 is 0 Å². The number of fused-ring (bicyclic) bond motifs is 6. The van der Waals surface area contributed by atoms with Gasteiger partial charge in [0.25, 0.3) is 0 Å². The molecule has 0 amide bonds. The van der Waals surface area contributed by atoms with Crippen molar-refractivity contribution in [2.75, 3.05) is 0 Å². The van der Waals surface area contributed by atoms with Crippen LogP contribution in [0.2, 0.25) is 0 Å². The molecule has 0 atom stereocenters. The number of para-hydroxylation sites is 1. The van der Waals surface area contributed by atoms with E-state index in [0.717, 1.165) is 76.7 Å². The fourth-order valence-corrected chi connectivity index (χ4v) is 7.86. The third-order valence-corrected chi connectivity index (χ3v) is 10.6. The third-order valence-electron chi connectivity index (χ3n) is 10.6. The molecule has 0 fully saturated rings. The van der Waals surface area contributed by atoms with Crippen LogP contribution in [0, 0.1) is 0 Å². The van der Waals surface area contributed by atoms with Gasteiger partial charge >= 0.3 is 0 Å². The molecule has 0 radical (unpaired) electrons. The Morgan fingerprint density at radius 2 is 0.800 bits per heavy atom. The average Bonchev–Trinajstić information content (AvgIpc) is 3.62. The van der Waals surface area contributed by atoms with Crippen LogP contribution in [0.25, 0.3) is 111 Å². The Morgan fingerprint density at radius 3 is 1.53 bits per heavy atom. The summed E-state index contributed by atoms with van der Waals surface area (Å²) in [5.41, 5.74) is 9.18. The highest BCUT2D eigenvalue weighted by molar-refractivity contribution is 6.10. The van der Waals surface area contributed by atoms with E-state index in [2.05, 4.69) is 170 Å². The van der Waals surface area contributed by atoms with E-state index in [1.165, 1.54) is 16.5 Å². The molecule has 0 bridgehead atoms. The molecule has 0 aliphatic rings. The second-order valence-corrected chi connectivity index (χ2v) is 14.1. The second-order valence-electron chi connectivity index (χ2n) is 14.1. The molecular weight excluding hydrogens is 671 g/mol. The molecule has 256 valence electrons. The zero-order valence-corrected chi connectivity index (χ0v) is 29.6. The van der Waals surface area contributed by atoms with Gasteiger partial charge in [-0.1, -0.05) is 140 Å². The molecule has 9 aromatic carbocycles. The van der Waals surface area contributed by atoms with Crippen LogP contribution in [0.1, 0.15) is 0 Å². The first-order valence-corrected chi connectivity index (χ1v) is 18.5. The van der Waals surface area contributed by atoms with Crippen LogP contribution in [0.4, 0.5) is 0 Å². The minimum Gasteiger partial charge on any atom is -0.456 e.